The molecule has 0 bridgehead atoms. The highest BCUT2D eigenvalue weighted by molar-refractivity contribution is 5.79. The maximum Gasteiger partial charge on any atom is 0.237 e. The Balaban J connectivity index is 1.36. The van der Waals surface area contributed by atoms with Crippen molar-refractivity contribution in [1.29, 1.82) is 0 Å². The van der Waals surface area contributed by atoms with Crippen LogP contribution in [-0.2, 0) is 16.1 Å². The van der Waals surface area contributed by atoms with E-state index < -0.39 is 0 Å². The molecule has 3 aromatic rings. The molecule has 212 valence electrons. The number of amides is 2. The van der Waals surface area contributed by atoms with E-state index in [2.05, 4.69) is 29.0 Å². The monoisotopic (exact) mass is 547 g/mol. The van der Waals surface area contributed by atoms with Gasteiger partial charge in [0.1, 0.15) is 12.1 Å². The molecule has 2 amide bonds. The number of ether oxygens (including phenoxy) is 2. The van der Waals surface area contributed by atoms with Crippen LogP contribution in [0.1, 0.15) is 57.7 Å². The van der Waals surface area contributed by atoms with Crippen LogP contribution in [0.25, 0.3) is 5.95 Å². The summed E-state index contributed by atoms with van der Waals surface area (Å²) in [6.45, 7) is 10.4. The highest BCUT2D eigenvalue weighted by Gasteiger charge is 2.33. The number of rotatable bonds is 9. The van der Waals surface area contributed by atoms with Gasteiger partial charge in [0.2, 0.25) is 24.6 Å². The second-order valence-electron chi connectivity index (χ2n) is 11.0. The van der Waals surface area contributed by atoms with Crippen LogP contribution in [0.15, 0.2) is 43.0 Å². The highest BCUT2D eigenvalue weighted by Crippen LogP contribution is 2.32. The van der Waals surface area contributed by atoms with Gasteiger partial charge in [0.15, 0.2) is 11.5 Å². The zero-order valence-corrected chi connectivity index (χ0v) is 23.5. The van der Waals surface area contributed by atoms with E-state index in [9.17, 15) is 9.59 Å². The first-order valence-electron chi connectivity index (χ1n) is 13.8. The molecule has 2 aliphatic rings. The summed E-state index contributed by atoms with van der Waals surface area (Å²) in [5.74, 6) is 3.13. The third-order valence-electron chi connectivity index (χ3n) is 7.11. The number of hydrogen-bond acceptors (Lipinski definition) is 8. The number of anilines is 1. The second kappa shape index (κ2) is 11.9. The highest BCUT2D eigenvalue weighted by atomic mass is 16.7. The number of piperazine rings is 1. The van der Waals surface area contributed by atoms with Crippen LogP contribution in [-0.4, -0.2) is 68.7 Å². The van der Waals surface area contributed by atoms with Gasteiger partial charge < -0.3 is 24.6 Å². The number of carbonyl (C=O) groups is 2. The Morgan fingerprint density at radius 2 is 1.90 bits per heavy atom. The van der Waals surface area contributed by atoms with E-state index in [-0.39, 0.29) is 42.9 Å². The maximum absolute atomic E-state index is 13.2. The average Bonchev–Trinajstić information content (AvgIpc) is 3.63. The first kappa shape index (κ1) is 27.4. The fraction of sp³-hybridized carbons (Fsp3) is 0.483. The van der Waals surface area contributed by atoms with Crippen molar-refractivity contribution >= 4 is 17.6 Å². The largest absolute Gasteiger partial charge is 0.454 e. The SMILES string of the molecule is CC(C)CC(=O)N1CCN(c2cc(C(C)C)nc(-n3ccnc3)n2)C(CC(=O)NCc2ccc3c(c2)OCO3)C1. The average molecular weight is 548 g/mol. The summed E-state index contributed by atoms with van der Waals surface area (Å²) in [6.07, 6.45) is 5.88. The number of aromatic nitrogens is 4. The van der Waals surface area contributed by atoms with Crippen molar-refractivity contribution in [2.45, 2.75) is 59.0 Å². The molecule has 0 radical (unpaired) electrons. The van der Waals surface area contributed by atoms with E-state index in [1.54, 1.807) is 17.1 Å². The van der Waals surface area contributed by atoms with Crippen molar-refractivity contribution in [1.82, 2.24) is 29.7 Å². The Kier molecular flexibility index (Phi) is 8.18. The molecular formula is C29H37N7O4. The van der Waals surface area contributed by atoms with Crippen molar-refractivity contribution in [3.63, 3.8) is 0 Å². The molecule has 40 heavy (non-hydrogen) atoms. The third kappa shape index (κ3) is 6.35. The van der Waals surface area contributed by atoms with Gasteiger partial charge in [0, 0.05) is 57.5 Å². The molecule has 1 unspecified atom stereocenters. The zero-order valence-electron chi connectivity index (χ0n) is 23.5. The summed E-state index contributed by atoms with van der Waals surface area (Å²) >= 11 is 0. The molecule has 1 atom stereocenters. The van der Waals surface area contributed by atoms with Crippen LogP contribution >= 0.6 is 0 Å². The van der Waals surface area contributed by atoms with Crippen LogP contribution in [0, 0.1) is 5.92 Å². The molecule has 2 aromatic heterocycles. The number of imidazole rings is 1. The lowest BCUT2D eigenvalue weighted by Crippen LogP contribution is -2.56. The summed E-state index contributed by atoms with van der Waals surface area (Å²) in [5, 5.41) is 3.04. The van der Waals surface area contributed by atoms with E-state index in [0.29, 0.717) is 50.0 Å². The fourth-order valence-corrected chi connectivity index (χ4v) is 4.95. The quantitative estimate of drug-likeness (QED) is 0.434. The van der Waals surface area contributed by atoms with E-state index in [0.717, 1.165) is 17.1 Å². The summed E-state index contributed by atoms with van der Waals surface area (Å²) in [5.41, 5.74) is 1.83. The van der Waals surface area contributed by atoms with E-state index >= 15 is 0 Å². The van der Waals surface area contributed by atoms with Gasteiger partial charge in [-0.05, 0) is 29.5 Å². The molecule has 1 fully saturated rings. The summed E-state index contributed by atoms with van der Waals surface area (Å²) in [4.78, 5) is 44.0. The van der Waals surface area contributed by atoms with E-state index in [1.165, 1.54) is 0 Å². The first-order valence-corrected chi connectivity index (χ1v) is 13.8. The topological polar surface area (TPSA) is 115 Å². The van der Waals surface area contributed by atoms with Crippen molar-refractivity contribution in [3.05, 3.63) is 54.2 Å². The summed E-state index contributed by atoms with van der Waals surface area (Å²) in [6, 6.07) is 7.40. The fourth-order valence-electron chi connectivity index (χ4n) is 4.95. The van der Waals surface area contributed by atoms with Gasteiger partial charge in [0.25, 0.3) is 0 Å². The molecule has 0 saturated carbocycles. The van der Waals surface area contributed by atoms with Gasteiger partial charge in [-0.3, -0.25) is 14.2 Å². The molecular weight excluding hydrogens is 510 g/mol. The lowest BCUT2D eigenvalue weighted by Gasteiger charge is -2.42. The zero-order chi connectivity index (χ0) is 28.2. The number of benzene rings is 1. The van der Waals surface area contributed by atoms with Crippen molar-refractivity contribution in [2.75, 3.05) is 31.3 Å². The molecule has 11 heteroatoms. The van der Waals surface area contributed by atoms with Gasteiger partial charge in [-0.15, -0.1) is 0 Å². The first-order chi connectivity index (χ1) is 19.3. The molecule has 1 N–H and O–H groups in total. The second-order valence-corrected chi connectivity index (χ2v) is 11.0. The molecule has 5 rings (SSSR count). The van der Waals surface area contributed by atoms with Gasteiger partial charge in [-0.1, -0.05) is 33.8 Å². The molecule has 11 nitrogen and oxygen atoms in total. The number of fused-ring (bicyclic) bond motifs is 1. The third-order valence-corrected chi connectivity index (χ3v) is 7.11. The Bertz CT molecular complexity index is 1340. The summed E-state index contributed by atoms with van der Waals surface area (Å²) in [7, 11) is 0. The van der Waals surface area contributed by atoms with Crippen molar-refractivity contribution in [2.24, 2.45) is 5.92 Å². The van der Waals surface area contributed by atoms with Crippen LogP contribution in [0.2, 0.25) is 0 Å². The number of carbonyl (C=O) groups excluding carboxylic acids is 2. The van der Waals surface area contributed by atoms with Crippen molar-refractivity contribution in [3.8, 4) is 17.4 Å². The number of nitrogens with one attached hydrogen (secondary N) is 1. The minimum atomic E-state index is -0.243. The van der Waals surface area contributed by atoms with Crippen LogP contribution in [0.4, 0.5) is 5.82 Å². The van der Waals surface area contributed by atoms with Crippen LogP contribution < -0.4 is 19.7 Å². The van der Waals surface area contributed by atoms with Crippen LogP contribution in [0.5, 0.6) is 11.5 Å². The van der Waals surface area contributed by atoms with E-state index in [4.69, 9.17) is 19.4 Å². The van der Waals surface area contributed by atoms with Gasteiger partial charge in [-0.2, -0.15) is 4.98 Å². The lowest BCUT2D eigenvalue weighted by atomic mass is 10.0. The molecule has 1 aromatic carbocycles. The normalized spacial score (nSPS) is 16.6. The Morgan fingerprint density at radius 3 is 2.65 bits per heavy atom. The molecule has 0 aliphatic carbocycles. The number of nitrogens with zero attached hydrogens (tertiary/aromatic N) is 6. The Hall–Kier alpha value is -4.15. The lowest BCUT2D eigenvalue weighted by molar-refractivity contribution is -0.133. The summed E-state index contributed by atoms with van der Waals surface area (Å²) < 4.78 is 12.6. The Morgan fingerprint density at radius 1 is 1.07 bits per heavy atom. The Labute approximate surface area is 234 Å². The van der Waals surface area contributed by atoms with Crippen LogP contribution in [0.3, 0.4) is 0 Å². The predicted octanol–water partition coefficient (Wildman–Crippen LogP) is 3.28. The predicted molar refractivity (Wildman–Crippen MR) is 149 cm³/mol. The standard InChI is InChI=1S/C29H37N7O4/c1-19(2)11-28(38)34-9-10-36(26-14-23(20(3)4)32-29(33-26)35-8-7-30-17-35)22(16-34)13-27(37)31-15-21-5-6-24-25(12-21)40-18-39-24/h5-8,12,14,17,19-20,22H,9-11,13,15-16,18H2,1-4H3,(H,31,37). The minimum absolute atomic E-state index is 0.0983. The van der Waals surface area contributed by atoms with Gasteiger partial charge >= 0.3 is 0 Å². The molecule has 0 spiro atoms. The minimum Gasteiger partial charge on any atom is -0.454 e. The molecule has 1 saturated heterocycles. The maximum atomic E-state index is 13.2. The smallest absolute Gasteiger partial charge is 0.237 e. The van der Waals surface area contributed by atoms with Gasteiger partial charge in [0.05, 0.1) is 11.7 Å². The van der Waals surface area contributed by atoms with E-state index in [1.807, 2.05) is 49.2 Å². The van der Waals surface area contributed by atoms with Crippen molar-refractivity contribution < 1.29 is 19.1 Å². The molecule has 4 heterocycles. The van der Waals surface area contributed by atoms with Gasteiger partial charge in [-0.25, -0.2) is 9.97 Å². The number of hydrogen-bond donors (Lipinski definition) is 1. The molecule has 2 aliphatic heterocycles.